The molecule has 53 heavy (non-hydrogen) atoms. The molecule has 8 bridgehead atoms. The minimum atomic E-state index is -6.00. The van der Waals surface area contributed by atoms with E-state index in [1.807, 2.05) is 0 Å². The van der Waals surface area contributed by atoms with E-state index in [1.165, 1.54) is 0 Å². The predicted octanol–water partition coefficient (Wildman–Crippen LogP) is 12.4. The smallest absolute Gasteiger partial charge is 0.418 e. The van der Waals surface area contributed by atoms with E-state index in [9.17, 15) is 17.3 Å². The SMILES string of the molecule is C1=Cc2cc3c(-c4ccccc4)c(-c4ccccc4)c(c(-c4ccccc4)c4nc(cc5ccc(cc1n2)[nH]5)C=C4)n3-c1ccccc1.F[B-](F)(F)F. The highest BCUT2D eigenvalue weighted by Gasteiger charge is 2.25. The van der Waals surface area contributed by atoms with E-state index in [2.05, 4.69) is 186 Å². The van der Waals surface area contributed by atoms with Crippen LogP contribution in [0.25, 0.3) is 85.4 Å². The number of halogens is 4. The molecule has 0 saturated carbocycles. The van der Waals surface area contributed by atoms with Crippen LogP contribution in [0.4, 0.5) is 17.3 Å². The Morgan fingerprint density at radius 2 is 0.887 bits per heavy atom. The lowest BCUT2D eigenvalue weighted by Crippen LogP contribution is -2.02. The fraction of sp³-hybridized carbons (Fsp3) is 0. The van der Waals surface area contributed by atoms with Crippen molar-refractivity contribution in [2.24, 2.45) is 0 Å². The Bertz CT molecular complexity index is 2640. The minimum Gasteiger partial charge on any atom is -0.418 e. The molecule has 1 N–H and O–H groups in total. The van der Waals surface area contributed by atoms with E-state index < -0.39 is 7.25 Å². The predicted molar refractivity (Wildman–Crippen MR) is 210 cm³/mol. The molecule has 0 saturated heterocycles. The van der Waals surface area contributed by atoms with Gasteiger partial charge in [0.1, 0.15) is 0 Å². The van der Waals surface area contributed by atoms with Crippen LogP contribution in [-0.4, -0.2) is 26.8 Å². The molecule has 0 radical (unpaired) electrons. The number of nitrogens with zero attached hydrogens (tertiary/aromatic N) is 3. The van der Waals surface area contributed by atoms with Gasteiger partial charge in [0.25, 0.3) is 0 Å². The summed E-state index contributed by atoms with van der Waals surface area (Å²) in [5.41, 5.74) is 15.4. The first-order valence-electron chi connectivity index (χ1n) is 17.0. The molecule has 0 unspecified atom stereocenters. The van der Waals surface area contributed by atoms with Gasteiger partial charge in [-0.2, -0.15) is 0 Å². The third-order valence-electron chi connectivity index (χ3n) is 8.87. The number of aromatic nitrogens is 4. The summed E-state index contributed by atoms with van der Waals surface area (Å²) in [6, 6.07) is 53.3. The van der Waals surface area contributed by atoms with Crippen LogP contribution >= 0.6 is 0 Å². The second kappa shape index (κ2) is 14.1. The Labute approximate surface area is 303 Å². The highest BCUT2D eigenvalue weighted by Crippen LogP contribution is 2.47. The van der Waals surface area contributed by atoms with E-state index >= 15 is 0 Å². The van der Waals surface area contributed by atoms with Crippen LogP contribution in [0.15, 0.2) is 152 Å². The number of para-hydroxylation sites is 1. The lowest BCUT2D eigenvalue weighted by molar-refractivity contribution is 0.368. The summed E-state index contributed by atoms with van der Waals surface area (Å²) in [4.78, 5) is 13.9. The normalized spacial score (nSPS) is 12.0. The highest BCUT2D eigenvalue weighted by molar-refractivity contribution is 6.50. The average Bonchev–Trinajstić information content (AvgIpc) is 3.97. The summed E-state index contributed by atoms with van der Waals surface area (Å²) in [6.45, 7) is 0. The monoisotopic (exact) mass is 701 g/mol. The molecule has 0 atom stereocenters. The van der Waals surface area contributed by atoms with Crippen molar-refractivity contribution >= 4 is 53.6 Å². The van der Waals surface area contributed by atoms with Gasteiger partial charge >= 0.3 is 7.25 Å². The minimum absolute atomic E-state index is 0.889. The third kappa shape index (κ3) is 7.23. The van der Waals surface area contributed by atoms with Gasteiger partial charge in [0, 0.05) is 33.4 Å². The largest absolute Gasteiger partial charge is 0.673 e. The van der Waals surface area contributed by atoms with Gasteiger partial charge < -0.3 is 26.8 Å². The van der Waals surface area contributed by atoms with Crippen molar-refractivity contribution in [1.29, 1.82) is 0 Å². The molecule has 9 heteroatoms. The second-order valence-electron chi connectivity index (χ2n) is 12.5. The molecule has 0 spiro atoms. The number of H-pyrrole nitrogens is 1. The first-order valence-corrected chi connectivity index (χ1v) is 17.0. The highest BCUT2D eigenvalue weighted by atomic mass is 19.5. The summed E-state index contributed by atoms with van der Waals surface area (Å²) >= 11 is 0. The van der Waals surface area contributed by atoms with Gasteiger partial charge in [-0.3, -0.25) is 0 Å². The van der Waals surface area contributed by atoms with Gasteiger partial charge in [0.2, 0.25) is 0 Å². The van der Waals surface area contributed by atoms with Crippen LogP contribution in [-0.2, 0) is 0 Å². The van der Waals surface area contributed by atoms with Crippen molar-refractivity contribution in [3.8, 4) is 39.1 Å². The molecule has 9 rings (SSSR count). The number of fused-ring (bicyclic) bond motifs is 8. The van der Waals surface area contributed by atoms with Crippen molar-refractivity contribution in [1.82, 2.24) is 19.5 Å². The molecule has 4 aromatic carbocycles. The molecule has 258 valence electrons. The molecule has 2 aliphatic rings. The number of benzene rings is 4. The Morgan fingerprint density at radius 1 is 0.453 bits per heavy atom. The van der Waals surface area contributed by atoms with Crippen molar-refractivity contribution in [3.05, 3.63) is 174 Å². The van der Waals surface area contributed by atoms with Gasteiger partial charge in [0.05, 0.1) is 33.8 Å². The Balaban J connectivity index is 0.000000752. The van der Waals surface area contributed by atoms with Crippen LogP contribution in [0.1, 0.15) is 22.8 Å². The molecule has 3 aromatic heterocycles. The third-order valence-corrected chi connectivity index (χ3v) is 8.87. The topological polar surface area (TPSA) is 46.5 Å². The average molecular weight is 702 g/mol. The van der Waals surface area contributed by atoms with E-state index in [0.29, 0.717) is 0 Å². The van der Waals surface area contributed by atoms with E-state index in [-0.39, 0.29) is 0 Å². The zero-order valence-corrected chi connectivity index (χ0v) is 28.2. The molecule has 4 nitrogen and oxygen atoms in total. The quantitative estimate of drug-likeness (QED) is 0.147. The van der Waals surface area contributed by atoms with Gasteiger partial charge in [-0.25, -0.2) is 9.97 Å². The van der Waals surface area contributed by atoms with Crippen LogP contribution < -0.4 is 0 Å². The fourth-order valence-corrected chi connectivity index (χ4v) is 6.81. The van der Waals surface area contributed by atoms with Crippen molar-refractivity contribution in [2.75, 3.05) is 0 Å². The number of hydrogen-bond donors (Lipinski definition) is 1. The van der Waals surface area contributed by atoms with Gasteiger partial charge in [-0.05, 0) is 83.5 Å². The summed E-state index contributed by atoms with van der Waals surface area (Å²) in [7, 11) is -6.00. The van der Waals surface area contributed by atoms with Crippen LogP contribution in [0, 0.1) is 0 Å². The molecular weight excluding hydrogens is 671 g/mol. The van der Waals surface area contributed by atoms with E-state index in [4.69, 9.17) is 9.97 Å². The molecule has 0 aliphatic carbocycles. The summed E-state index contributed by atoms with van der Waals surface area (Å²) in [5, 5.41) is 0. The molecule has 2 aliphatic heterocycles. The molecular formula is C44H30BF4N4-. The number of aromatic amines is 1. The lowest BCUT2D eigenvalue weighted by Gasteiger charge is -2.13. The number of rotatable bonds is 4. The first kappa shape index (κ1) is 33.4. The molecule has 0 amide bonds. The first-order chi connectivity index (χ1) is 25.8. The molecule has 5 heterocycles. The van der Waals surface area contributed by atoms with E-state index in [1.54, 1.807) is 0 Å². The van der Waals surface area contributed by atoms with Crippen molar-refractivity contribution in [2.45, 2.75) is 0 Å². The Morgan fingerprint density at radius 3 is 1.43 bits per heavy atom. The molecule has 0 fully saturated rings. The maximum atomic E-state index is 9.75. The summed E-state index contributed by atoms with van der Waals surface area (Å²) < 4.78 is 41.4. The van der Waals surface area contributed by atoms with Gasteiger partial charge in [-0.1, -0.05) is 109 Å². The number of nitrogens with one attached hydrogen (secondary N) is 1. The van der Waals surface area contributed by atoms with Gasteiger partial charge in [-0.15, -0.1) is 0 Å². The zero-order chi connectivity index (χ0) is 36.4. The van der Waals surface area contributed by atoms with Crippen LogP contribution in [0.5, 0.6) is 0 Å². The lowest BCUT2D eigenvalue weighted by atomic mass is 9.93. The maximum Gasteiger partial charge on any atom is 0.673 e. The van der Waals surface area contributed by atoms with Gasteiger partial charge in [0.15, 0.2) is 0 Å². The van der Waals surface area contributed by atoms with Crippen molar-refractivity contribution in [3.63, 3.8) is 0 Å². The van der Waals surface area contributed by atoms with Crippen LogP contribution in [0.2, 0.25) is 0 Å². The van der Waals surface area contributed by atoms with Crippen LogP contribution in [0.3, 0.4) is 0 Å². The second-order valence-corrected chi connectivity index (χ2v) is 12.5. The Kier molecular flexibility index (Phi) is 8.90. The fourth-order valence-electron chi connectivity index (χ4n) is 6.81. The summed E-state index contributed by atoms with van der Waals surface area (Å²) in [6.07, 6.45) is 8.44. The maximum absolute atomic E-state index is 9.75. The molecule has 7 aromatic rings. The standard InChI is InChI=1S/C44H30N4.BF4/c1-5-13-30(14-6-1)41-39-26-25-36(47-39)28-35-22-21-33(45-35)27-34-23-24-37(46-34)29-40-42(31-15-7-2-8-16-31)43(32-17-9-3-10-18-32)44(41)48(40)38-19-11-4-12-20-38;2-1(3,4)5/h1-29,45H;/q;-1. The summed E-state index contributed by atoms with van der Waals surface area (Å²) in [5.74, 6) is 0. The number of hydrogen-bond acceptors (Lipinski definition) is 2. The zero-order valence-electron chi connectivity index (χ0n) is 28.2. The van der Waals surface area contributed by atoms with Crippen molar-refractivity contribution < 1.29 is 17.3 Å². The van der Waals surface area contributed by atoms with E-state index in [0.717, 1.165) is 83.9 Å². The Hall–Kier alpha value is -6.74.